The first-order valence-corrected chi connectivity index (χ1v) is 6.05. The first-order chi connectivity index (χ1) is 9.60. The summed E-state index contributed by atoms with van der Waals surface area (Å²) in [6.45, 7) is 0. The van der Waals surface area contributed by atoms with Gasteiger partial charge in [-0.2, -0.15) is 0 Å². The number of ketones is 1. The standard InChI is InChI=1S/C16H15NO3/c1-20-13-4-2-3-11(9-13)5-8-15(18)14-7-6-12(17)10-16(14)19/h2-10,19H,17H2,1H3/b8-5+. The number of ether oxygens (including phenoxy) is 1. The third-order valence-corrected chi connectivity index (χ3v) is 2.81. The Kier molecular flexibility index (Phi) is 4.05. The fraction of sp³-hybridized carbons (Fsp3) is 0.0625. The van der Waals surface area contributed by atoms with Crippen LogP contribution in [0.3, 0.4) is 0 Å². The number of aromatic hydroxyl groups is 1. The third-order valence-electron chi connectivity index (χ3n) is 2.81. The lowest BCUT2D eigenvalue weighted by molar-refractivity contribution is 0.104. The molecule has 2 aromatic carbocycles. The molecule has 0 fully saturated rings. The molecule has 2 aromatic rings. The summed E-state index contributed by atoms with van der Waals surface area (Å²) in [7, 11) is 1.58. The summed E-state index contributed by atoms with van der Waals surface area (Å²) in [6.07, 6.45) is 3.07. The Balaban J connectivity index is 2.20. The van der Waals surface area contributed by atoms with Gasteiger partial charge in [0.25, 0.3) is 0 Å². The summed E-state index contributed by atoms with van der Waals surface area (Å²) in [5.74, 6) is 0.311. The van der Waals surface area contributed by atoms with E-state index in [1.807, 2.05) is 24.3 Å². The van der Waals surface area contributed by atoms with Gasteiger partial charge in [0, 0.05) is 11.8 Å². The molecule has 0 saturated carbocycles. The Morgan fingerprint density at radius 1 is 1.25 bits per heavy atom. The maximum absolute atomic E-state index is 12.0. The topological polar surface area (TPSA) is 72.5 Å². The van der Waals surface area contributed by atoms with Crippen LogP contribution >= 0.6 is 0 Å². The van der Waals surface area contributed by atoms with E-state index in [1.165, 1.54) is 18.2 Å². The lowest BCUT2D eigenvalue weighted by Crippen LogP contribution is -1.96. The second kappa shape index (κ2) is 5.93. The van der Waals surface area contributed by atoms with E-state index in [0.29, 0.717) is 5.69 Å². The zero-order valence-corrected chi connectivity index (χ0v) is 11.0. The molecular weight excluding hydrogens is 254 g/mol. The monoisotopic (exact) mass is 269 g/mol. The van der Waals surface area contributed by atoms with E-state index in [2.05, 4.69) is 0 Å². The Morgan fingerprint density at radius 3 is 2.75 bits per heavy atom. The van der Waals surface area contributed by atoms with Gasteiger partial charge >= 0.3 is 0 Å². The van der Waals surface area contributed by atoms with Crippen LogP contribution in [0.15, 0.2) is 48.5 Å². The zero-order chi connectivity index (χ0) is 14.5. The first kappa shape index (κ1) is 13.7. The number of carbonyl (C=O) groups is 1. The average Bonchev–Trinajstić information content (AvgIpc) is 2.45. The molecule has 0 aliphatic heterocycles. The number of hydrogen-bond acceptors (Lipinski definition) is 4. The molecule has 3 N–H and O–H groups in total. The summed E-state index contributed by atoms with van der Waals surface area (Å²) < 4.78 is 5.11. The molecule has 20 heavy (non-hydrogen) atoms. The Hall–Kier alpha value is -2.75. The van der Waals surface area contributed by atoms with Crippen LogP contribution in [0.2, 0.25) is 0 Å². The molecular formula is C16H15NO3. The average molecular weight is 269 g/mol. The van der Waals surface area contributed by atoms with Gasteiger partial charge in [0.15, 0.2) is 5.78 Å². The molecule has 0 heterocycles. The van der Waals surface area contributed by atoms with Gasteiger partial charge in [-0.25, -0.2) is 0 Å². The van der Waals surface area contributed by atoms with Crippen molar-refractivity contribution in [3.05, 3.63) is 59.7 Å². The quantitative estimate of drug-likeness (QED) is 0.508. The third kappa shape index (κ3) is 3.17. The van der Waals surface area contributed by atoms with Crippen LogP contribution in [-0.2, 0) is 0 Å². The van der Waals surface area contributed by atoms with Crippen LogP contribution in [0.25, 0.3) is 6.08 Å². The summed E-state index contributed by atoms with van der Waals surface area (Å²) in [5.41, 5.74) is 7.00. The van der Waals surface area contributed by atoms with Crippen LogP contribution in [0.5, 0.6) is 11.5 Å². The molecule has 0 unspecified atom stereocenters. The summed E-state index contributed by atoms with van der Waals surface area (Å²) in [6, 6.07) is 11.8. The molecule has 0 amide bonds. The largest absolute Gasteiger partial charge is 0.507 e. The SMILES string of the molecule is COc1cccc(/C=C/C(=O)c2ccc(N)cc2O)c1. The zero-order valence-electron chi connectivity index (χ0n) is 11.0. The number of allylic oxidation sites excluding steroid dienone is 1. The minimum atomic E-state index is -0.287. The van der Waals surface area contributed by atoms with Gasteiger partial charge in [-0.3, -0.25) is 4.79 Å². The molecule has 0 saturated heterocycles. The van der Waals surface area contributed by atoms with E-state index >= 15 is 0 Å². The second-order valence-electron chi connectivity index (χ2n) is 4.25. The molecule has 2 rings (SSSR count). The number of carbonyl (C=O) groups excluding carboxylic acids is 1. The van der Waals surface area contributed by atoms with Crippen molar-refractivity contribution in [3.63, 3.8) is 0 Å². The van der Waals surface area contributed by atoms with Gasteiger partial charge in [0.2, 0.25) is 0 Å². The number of phenols is 1. The maximum Gasteiger partial charge on any atom is 0.189 e. The molecule has 0 aliphatic rings. The van der Waals surface area contributed by atoms with Gasteiger partial charge in [-0.1, -0.05) is 18.2 Å². The molecule has 4 nitrogen and oxygen atoms in total. The smallest absolute Gasteiger partial charge is 0.189 e. The second-order valence-corrected chi connectivity index (χ2v) is 4.25. The van der Waals surface area contributed by atoms with Crippen molar-refractivity contribution in [2.24, 2.45) is 0 Å². The fourth-order valence-corrected chi connectivity index (χ4v) is 1.76. The number of nitrogen functional groups attached to an aromatic ring is 1. The number of phenolic OH excluding ortho intramolecular Hbond substituents is 1. The van der Waals surface area contributed by atoms with Crippen molar-refractivity contribution < 1.29 is 14.6 Å². The molecule has 102 valence electrons. The Morgan fingerprint density at radius 2 is 2.05 bits per heavy atom. The van der Waals surface area contributed by atoms with Crippen molar-refractivity contribution in [1.82, 2.24) is 0 Å². The number of rotatable bonds is 4. The van der Waals surface area contributed by atoms with Gasteiger partial charge < -0.3 is 15.6 Å². The van der Waals surface area contributed by atoms with E-state index in [0.717, 1.165) is 11.3 Å². The number of benzene rings is 2. The van der Waals surface area contributed by atoms with Gasteiger partial charge in [0.1, 0.15) is 11.5 Å². The highest BCUT2D eigenvalue weighted by molar-refractivity contribution is 6.08. The van der Waals surface area contributed by atoms with Gasteiger partial charge in [-0.05, 0) is 35.9 Å². The van der Waals surface area contributed by atoms with Crippen molar-refractivity contribution in [3.8, 4) is 11.5 Å². The van der Waals surface area contributed by atoms with Crippen LogP contribution in [-0.4, -0.2) is 18.0 Å². The first-order valence-electron chi connectivity index (χ1n) is 6.05. The molecule has 0 aromatic heterocycles. The minimum absolute atomic E-state index is 0.120. The number of hydrogen-bond donors (Lipinski definition) is 2. The number of methoxy groups -OCH3 is 1. The summed E-state index contributed by atoms with van der Waals surface area (Å²) in [4.78, 5) is 12.0. The van der Waals surface area contributed by atoms with Crippen molar-refractivity contribution >= 4 is 17.5 Å². The van der Waals surface area contributed by atoms with Crippen LogP contribution in [0.4, 0.5) is 5.69 Å². The predicted molar refractivity (Wildman–Crippen MR) is 78.9 cm³/mol. The van der Waals surface area contributed by atoms with Crippen LogP contribution in [0.1, 0.15) is 15.9 Å². The molecule has 0 radical (unpaired) electrons. The van der Waals surface area contributed by atoms with Gasteiger partial charge in [-0.15, -0.1) is 0 Å². The Bertz CT molecular complexity index is 663. The van der Waals surface area contributed by atoms with E-state index < -0.39 is 0 Å². The van der Waals surface area contributed by atoms with E-state index in [1.54, 1.807) is 19.3 Å². The number of nitrogens with two attached hydrogens (primary N) is 1. The van der Waals surface area contributed by atoms with E-state index in [-0.39, 0.29) is 17.1 Å². The van der Waals surface area contributed by atoms with Crippen LogP contribution in [0, 0.1) is 0 Å². The summed E-state index contributed by atoms with van der Waals surface area (Å²) >= 11 is 0. The lowest BCUT2D eigenvalue weighted by atomic mass is 10.1. The van der Waals surface area contributed by atoms with Crippen LogP contribution < -0.4 is 10.5 Å². The van der Waals surface area contributed by atoms with Crippen molar-refractivity contribution in [2.45, 2.75) is 0 Å². The molecule has 0 bridgehead atoms. The van der Waals surface area contributed by atoms with E-state index in [9.17, 15) is 9.90 Å². The van der Waals surface area contributed by atoms with E-state index in [4.69, 9.17) is 10.5 Å². The lowest BCUT2D eigenvalue weighted by Gasteiger charge is -2.02. The van der Waals surface area contributed by atoms with Crippen molar-refractivity contribution in [1.29, 1.82) is 0 Å². The molecule has 0 spiro atoms. The molecule has 0 atom stereocenters. The molecule has 4 heteroatoms. The highest BCUT2D eigenvalue weighted by atomic mass is 16.5. The molecule has 0 aliphatic carbocycles. The Labute approximate surface area is 117 Å². The summed E-state index contributed by atoms with van der Waals surface area (Å²) in [5, 5.41) is 9.69. The highest BCUT2D eigenvalue weighted by Gasteiger charge is 2.08. The normalized spacial score (nSPS) is 10.7. The van der Waals surface area contributed by atoms with Gasteiger partial charge in [0.05, 0.1) is 12.7 Å². The fourth-order valence-electron chi connectivity index (χ4n) is 1.76. The minimum Gasteiger partial charge on any atom is -0.507 e. The number of anilines is 1. The predicted octanol–water partition coefficient (Wildman–Crippen LogP) is 2.88. The highest BCUT2D eigenvalue weighted by Crippen LogP contribution is 2.21. The van der Waals surface area contributed by atoms with Crippen molar-refractivity contribution in [2.75, 3.05) is 12.8 Å². The maximum atomic E-state index is 12.0.